The van der Waals surface area contributed by atoms with Gasteiger partial charge in [-0.15, -0.1) is 10.2 Å². The summed E-state index contributed by atoms with van der Waals surface area (Å²) in [5.41, 5.74) is 2.69. The zero-order valence-electron chi connectivity index (χ0n) is 17.0. The summed E-state index contributed by atoms with van der Waals surface area (Å²) < 4.78 is 7.21. The molecule has 0 fully saturated rings. The minimum absolute atomic E-state index is 0.127. The molecule has 0 atom stereocenters. The minimum atomic E-state index is -0.337. The van der Waals surface area contributed by atoms with Gasteiger partial charge in [-0.2, -0.15) is 9.61 Å². The number of nitrogens with one attached hydrogen (secondary N) is 2. The van der Waals surface area contributed by atoms with Gasteiger partial charge in [0, 0.05) is 17.7 Å². The van der Waals surface area contributed by atoms with E-state index in [2.05, 4.69) is 25.9 Å². The van der Waals surface area contributed by atoms with E-state index in [1.807, 2.05) is 50.2 Å². The Labute approximate surface area is 188 Å². The minimum Gasteiger partial charge on any atom is -0.484 e. The number of hydrogen-bond acceptors (Lipinski definition) is 7. The number of aromatic nitrogens is 4. The normalized spacial score (nSPS) is 10.8. The Bertz CT molecular complexity index is 1240. The number of carbonyl (C=O) groups excluding carboxylic acids is 1. The van der Waals surface area contributed by atoms with Gasteiger partial charge in [0.15, 0.2) is 17.5 Å². The maximum Gasteiger partial charge on any atom is 0.264 e. The van der Waals surface area contributed by atoms with Crippen molar-refractivity contribution in [3.63, 3.8) is 0 Å². The average molecular weight is 453 g/mol. The van der Waals surface area contributed by atoms with Gasteiger partial charge in [0.1, 0.15) is 10.8 Å². The Morgan fingerprint density at radius 3 is 2.77 bits per heavy atom. The third kappa shape index (κ3) is 4.86. The molecule has 2 N–H and O–H groups in total. The fraction of sp³-hybridized carbons (Fsp3) is 0.190. The summed E-state index contributed by atoms with van der Waals surface area (Å²) in [7, 11) is 0. The van der Waals surface area contributed by atoms with Crippen LogP contribution in [0.25, 0.3) is 15.5 Å². The molecule has 0 radical (unpaired) electrons. The Morgan fingerprint density at radius 1 is 1.19 bits per heavy atom. The van der Waals surface area contributed by atoms with E-state index in [4.69, 9.17) is 17.0 Å². The van der Waals surface area contributed by atoms with Crippen LogP contribution >= 0.6 is 23.6 Å². The lowest BCUT2D eigenvalue weighted by molar-refractivity contribution is -0.121. The van der Waals surface area contributed by atoms with E-state index in [9.17, 15) is 4.79 Å². The number of carbonyl (C=O) groups is 1. The highest BCUT2D eigenvalue weighted by Gasteiger charge is 2.14. The van der Waals surface area contributed by atoms with Gasteiger partial charge >= 0.3 is 0 Å². The molecule has 4 rings (SSSR count). The largest absolute Gasteiger partial charge is 0.484 e. The van der Waals surface area contributed by atoms with Crippen LogP contribution in [-0.4, -0.2) is 37.4 Å². The van der Waals surface area contributed by atoms with Crippen molar-refractivity contribution in [2.45, 2.75) is 20.3 Å². The van der Waals surface area contributed by atoms with Crippen molar-refractivity contribution in [2.75, 3.05) is 11.9 Å². The average Bonchev–Trinajstić information content (AvgIpc) is 3.35. The highest BCUT2D eigenvalue weighted by Crippen LogP contribution is 2.29. The monoisotopic (exact) mass is 452 g/mol. The summed E-state index contributed by atoms with van der Waals surface area (Å²) in [5.74, 6) is 1.11. The van der Waals surface area contributed by atoms with Crippen molar-refractivity contribution in [3.8, 4) is 16.3 Å². The van der Waals surface area contributed by atoms with Crippen LogP contribution in [0.2, 0.25) is 0 Å². The van der Waals surface area contributed by atoms with Gasteiger partial charge in [-0.3, -0.25) is 10.1 Å². The summed E-state index contributed by atoms with van der Waals surface area (Å²) in [6.07, 6.45) is 0.757. The molecule has 0 aliphatic heterocycles. The molecule has 0 bridgehead atoms. The third-order valence-electron chi connectivity index (χ3n) is 4.47. The smallest absolute Gasteiger partial charge is 0.264 e. The fourth-order valence-electron chi connectivity index (χ4n) is 2.87. The fourth-order valence-corrected chi connectivity index (χ4v) is 3.94. The van der Waals surface area contributed by atoms with Gasteiger partial charge in [0.05, 0.1) is 0 Å². The number of rotatable bonds is 6. The number of fused-ring (bicyclic) bond motifs is 1. The zero-order valence-corrected chi connectivity index (χ0v) is 18.6. The van der Waals surface area contributed by atoms with E-state index in [0.717, 1.165) is 39.0 Å². The number of aryl methyl sites for hydroxylation is 2. The van der Waals surface area contributed by atoms with E-state index in [1.54, 1.807) is 16.6 Å². The van der Waals surface area contributed by atoms with Gasteiger partial charge in [-0.1, -0.05) is 48.6 Å². The Morgan fingerprint density at radius 2 is 2.00 bits per heavy atom. The molecule has 0 saturated heterocycles. The molecule has 31 heavy (non-hydrogen) atoms. The summed E-state index contributed by atoms with van der Waals surface area (Å²) >= 11 is 6.77. The molecule has 0 saturated carbocycles. The van der Waals surface area contributed by atoms with E-state index in [-0.39, 0.29) is 17.6 Å². The molecule has 0 spiro atoms. The number of hydrogen-bond donors (Lipinski definition) is 2. The van der Waals surface area contributed by atoms with Gasteiger partial charge in [-0.25, -0.2) is 0 Å². The first-order valence-corrected chi connectivity index (χ1v) is 10.9. The standard InChI is InChI=1S/C21H20N6O2S2/c1-3-17-24-25-21-27(17)26-19(31-21)14-10-9-13(2)16(11-14)22-20(30)23-18(28)12-29-15-7-5-4-6-8-15/h4-11H,3,12H2,1-2H3,(H2,22,23,28,30). The van der Waals surface area contributed by atoms with Crippen molar-refractivity contribution >= 4 is 45.2 Å². The Balaban J connectivity index is 1.42. The third-order valence-corrected chi connectivity index (χ3v) is 5.62. The SMILES string of the molecule is CCc1nnc2sc(-c3ccc(C)c(NC(=S)NC(=O)COc4ccccc4)c3)nn12. The predicted octanol–water partition coefficient (Wildman–Crippen LogP) is 3.62. The number of anilines is 1. The number of amides is 1. The Hall–Kier alpha value is -3.37. The highest BCUT2D eigenvalue weighted by molar-refractivity contribution is 7.80. The van der Waals surface area contributed by atoms with Crippen LogP contribution in [0, 0.1) is 6.92 Å². The molecule has 1 amide bonds. The van der Waals surface area contributed by atoms with Crippen LogP contribution in [0.4, 0.5) is 5.69 Å². The van der Waals surface area contributed by atoms with Gasteiger partial charge < -0.3 is 10.1 Å². The van der Waals surface area contributed by atoms with Gasteiger partial charge in [0.2, 0.25) is 4.96 Å². The summed E-state index contributed by atoms with van der Waals surface area (Å²) in [4.78, 5) is 12.9. The number of benzene rings is 2. The van der Waals surface area contributed by atoms with Crippen molar-refractivity contribution in [1.82, 2.24) is 25.1 Å². The maximum atomic E-state index is 12.1. The molecule has 8 nitrogen and oxygen atoms in total. The molecular weight excluding hydrogens is 432 g/mol. The second-order valence-electron chi connectivity index (χ2n) is 6.71. The molecule has 0 aliphatic carbocycles. The van der Waals surface area contributed by atoms with Crippen molar-refractivity contribution in [2.24, 2.45) is 0 Å². The van der Waals surface area contributed by atoms with E-state index in [1.165, 1.54) is 11.3 Å². The topological polar surface area (TPSA) is 93.4 Å². The van der Waals surface area contributed by atoms with E-state index >= 15 is 0 Å². The van der Waals surface area contributed by atoms with E-state index < -0.39 is 0 Å². The summed E-state index contributed by atoms with van der Waals surface area (Å²) in [6.45, 7) is 3.85. The first-order valence-electron chi connectivity index (χ1n) is 9.64. The molecule has 4 aromatic rings. The first kappa shape index (κ1) is 20.9. The molecule has 0 unspecified atom stereocenters. The molecule has 2 heterocycles. The van der Waals surface area contributed by atoms with Crippen LogP contribution in [0.15, 0.2) is 48.5 Å². The number of para-hydroxylation sites is 1. The second kappa shape index (κ2) is 9.19. The number of nitrogens with zero attached hydrogens (tertiary/aromatic N) is 4. The van der Waals surface area contributed by atoms with Gasteiger partial charge in [-0.05, 0) is 42.9 Å². The number of thiocarbonyl (C=S) groups is 1. The van der Waals surface area contributed by atoms with Crippen LogP contribution in [-0.2, 0) is 11.2 Å². The van der Waals surface area contributed by atoms with Crippen LogP contribution < -0.4 is 15.4 Å². The molecule has 10 heteroatoms. The highest BCUT2D eigenvalue weighted by atomic mass is 32.1. The Kier molecular flexibility index (Phi) is 6.19. The zero-order chi connectivity index (χ0) is 21.8. The van der Waals surface area contributed by atoms with Crippen LogP contribution in [0.1, 0.15) is 18.3 Å². The molecule has 2 aromatic heterocycles. The number of ether oxygens (including phenoxy) is 1. The summed E-state index contributed by atoms with van der Waals surface area (Å²) in [6, 6.07) is 15.1. The van der Waals surface area contributed by atoms with Crippen molar-refractivity contribution < 1.29 is 9.53 Å². The lowest BCUT2D eigenvalue weighted by Crippen LogP contribution is -2.37. The molecule has 2 aromatic carbocycles. The summed E-state index contributed by atoms with van der Waals surface area (Å²) in [5, 5.41) is 19.7. The van der Waals surface area contributed by atoms with Crippen LogP contribution in [0.5, 0.6) is 5.75 Å². The van der Waals surface area contributed by atoms with Gasteiger partial charge in [0.25, 0.3) is 5.91 Å². The van der Waals surface area contributed by atoms with E-state index in [0.29, 0.717) is 5.75 Å². The first-order chi connectivity index (χ1) is 15.0. The maximum absolute atomic E-state index is 12.1. The van der Waals surface area contributed by atoms with Crippen LogP contribution in [0.3, 0.4) is 0 Å². The molecular formula is C21H20N6O2S2. The van der Waals surface area contributed by atoms with Crippen molar-refractivity contribution in [1.29, 1.82) is 0 Å². The molecule has 0 aliphatic rings. The lowest BCUT2D eigenvalue weighted by atomic mass is 10.1. The van der Waals surface area contributed by atoms with Crippen molar-refractivity contribution in [3.05, 3.63) is 59.9 Å². The predicted molar refractivity (Wildman–Crippen MR) is 125 cm³/mol. The molecule has 158 valence electrons. The quantitative estimate of drug-likeness (QED) is 0.432. The second-order valence-corrected chi connectivity index (χ2v) is 8.07. The lowest BCUT2D eigenvalue weighted by Gasteiger charge is -2.13.